The van der Waals surface area contributed by atoms with Crippen molar-refractivity contribution in [2.75, 3.05) is 6.54 Å². The van der Waals surface area contributed by atoms with E-state index in [2.05, 4.69) is 9.97 Å². The zero-order valence-corrected chi connectivity index (χ0v) is 14.5. The van der Waals surface area contributed by atoms with Crippen molar-refractivity contribution >= 4 is 16.9 Å². The summed E-state index contributed by atoms with van der Waals surface area (Å²) in [6.45, 7) is 4.69. The van der Waals surface area contributed by atoms with Crippen LogP contribution in [0, 0.1) is 13.8 Å². The number of carbonyl (C=O) groups is 1. The van der Waals surface area contributed by atoms with Crippen LogP contribution in [0.1, 0.15) is 41.5 Å². The van der Waals surface area contributed by atoms with E-state index in [4.69, 9.17) is 4.42 Å². The zero-order chi connectivity index (χ0) is 17.4. The molecule has 5 heteroatoms. The molecule has 0 aliphatic carbocycles. The van der Waals surface area contributed by atoms with Gasteiger partial charge in [-0.1, -0.05) is 12.1 Å². The Morgan fingerprint density at radius 1 is 1.32 bits per heavy atom. The average Bonchev–Trinajstić information content (AvgIpc) is 3.22. The fourth-order valence-corrected chi connectivity index (χ4v) is 3.62. The van der Waals surface area contributed by atoms with Gasteiger partial charge in [0.2, 0.25) is 5.91 Å². The summed E-state index contributed by atoms with van der Waals surface area (Å²) in [4.78, 5) is 23.6. The number of hydrogen-bond acceptors (Lipinski definition) is 4. The van der Waals surface area contributed by atoms with Gasteiger partial charge in [-0.15, -0.1) is 0 Å². The Morgan fingerprint density at radius 3 is 3.04 bits per heavy atom. The van der Waals surface area contributed by atoms with Crippen molar-refractivity contribution in [2.24, 2.45) is 0 Å². The highest BCUT2D eigenvalue weighted by molar-refractivity contribution is 5.88. The Morgan fingerprint density at radius 2 is 2.20 bits per heavy atom. The molecule has 1 amide bonds. The van der Waals surface area contributed by atoms with Crippen molar-refractivity contribution < 1.29 is 9.21 Å². The van der Waals surface area contributed by atoms with E-state index >= 15 is 0 Å². The second-order valence-electron chi connectivity index (χ2n) is 6.71. The van der Waals surface area contributed by atoms with E-state index in [1.54, 1.807) is 12.5 Å². The molecule has 0 saturated carbocycles. The molecular formula is C20H21N3O2. The van der Waals surface area contributed by atoms with Crippen molar-refractivity contribution in [3.63, 3.8) is 0 Å². The summed E-state index contributed by atoms with van der Waals surface area (Å²) in [5.41, 5.74) is 3.88. The fourth-order valence-electron chi connectivity index (χ4n) is 3.62. The standard InChI is InChI=1S/C20H21N3O2/c1-13-5-6-16-15(12-25-19(16)10-13)11-20(24)23-9-3-4-18(23)17-7-8-21-14(2)22-17/h5-8,10,12,18H,3-4,9,11H2,1-2H3. The first kappa shape index (κ1) is 15.8. The molecule has 0 bridgehead atoms. The smallest absolute Gasteiger partial charge is 0.227 e. The predicted molar refractivity (Wildman–Crippen MR) is 95.1 cm³/mol. The first-order valence-electron chi connectivity index (χ1n) is 8.67. The molecule has 3 heterocycles. The summed E-state index contributed by atoms with van der Waals surface area (Å²) in [7, 11) is 0. The van der Waals surface area contributed by atoms with Gasteiger partial charge in [-0.05, 0) is 44.4 Å². The number of rotatable bonds is 3. The Hall–Kier alpha value is -2.69. The largest absolute Gasteiger partial charge is 0.464 e. The van der Waals surface area contributed by atoms with Crippen LogP contribution in [0.15, 0.2) is 41.1 Å². The molecule has 1 aliphatic heterocycles. The van der Waals surface area contributed by atoms with Crippen molar-refractivity contribution in [2.45, 2.75) is 39.2 Å². The lowest BCUT2D eigenvalue weighted by Gasteiger charge is -2.24. The number of amides is 1. The van der Waals surface area contributed by atoms with Crippen LogP contribution in [0.2, 0.25) is 0 Å². The number of carbonyl (C=O) groups excluding carboxylic acids is 1. The molecule has 5 nitrogen and oxygen atoms in total. The van der Waals surface area contributed by atoms with Gasteiger partial charge in [-0.25, -0.2) is 9.97 Å². The van der Waals surface area contributed by atoms with Crippen molar-refractivity contribution in [3.05, 3.63) is 59.4 Å². The maximum absolute atomic E-state index is 12.9. The minimum atomic E-state index is 0.0506. The van der Waals surface area contributed by atoms with Crippen molar-refractivity contribution in [3.8, 4) is 0 Å². The van der Waals surface area contributed by atoms with Crippen LogP contribution in [-0.4, -0.2) is 27.3 Å². The third-order valence-corrected chi connectivity index (χ3v) is 4.87. The van der Waals surface area contributed by atoms with Gasteiger partial charge >= 0.3 is 0 Å². The molecule has 25 heavy (non-hydrogen) atoms. The number of fused-ring (bicyclic) bond motifs is 1. The minimum Gasteiger partial charge on any atom is -0.464 e. The summed E-state index contributed by atoms with van der Waals surface area (Å²) in [6.07, 6.45) is 5.79. The zero-order valence-electron chi connectivity index (χ0n) is 14.5. The van der Waals surface area contributed by atoms with Crippen LogP contribution < -0.4 is 0 Å². The summed E-state index contributed by atoms with van der Waals surface area (Å²) in [6, 6.07) is 8.06. The molecule has 128 valence electrons. The molecule has 1 fully saturated rings. The molecular weight excluding hydrogens is 314 g/mol. The number of likely N-dealkylation sites (tertiary alicyclic amines) is 1. The van der Waals surface area contributed by atoms with E-state index in [9.17, 15) is 4.79 Å². The molecule has 1 aromatic carbocycles. The van der Waals surface area contributed by atoms with Crippen LogP contribution in [0.5, 0.6) is 0 Å². The van der Waals surface area contributed by atoms with Crippen LogP contribution in [0.25, 0.3) is 11.0 Å². The first-order chi connectivity index (χ1) is 12.1. The lowest BCUT2D eigenvalue weighted by Crippen LogP contribution is -2.32. The second-order valence-corrected chi connectivity index (χ2v) is 6.71. The summed E-state index contributed by atoms with van der Waals surface area (Å²) < 4.78 is 5.63. The quantitative estimate of drug-likeness (QED) is 0.731. The monoisotopic (exact) mass is 335 g/mol. The Bertz CT molecular complexity index is 932. The number of furan rings is 1. The van der Waals surface area contributed by atoms with E-state index < -0.39 is 0 Å². The highest BCUT2D eigenvalue weighted by atomic mass is 16.3. The van der Waals surface area contributed by atoms with E-state index in [0.29, 0.717) is 6.42 Å². The van der Waals surface area contributed by atoms with Gasteiger partial charge in [0.15, 0.2) is 0 Å². The SMILES string of the molecule is Cc1ccc2c(CC(=O)N3CCCC3c3ccnc(C)n3)coc2c1. The molecule has 2 aromatic heterocycles. The van der Waals surface area contributed by atoms with Gasteiger partial charge in [-0.3, -0.25) is 4.79 Å². The number of aromatic nitrogens is 2. The Balaban J connectivity index is 1.57. The third-order valence-electron chi connectivity index (χ3n) is 4.87. The second kappa shape index (κ2) is 6.31. The van der Waals surface area contributed by atoms with Crippen LogP contribution >= 0.6 is 0 Å². The number of nitrogens with zero attached hydrogens (tertiary/aromatic N) is 3. The minimum absolute atomic E-state index is 0.0506. The van der Waals surface area contributed by atoms with Gasteiger partial charge in [0.05, 0.1) is 24.4 Å². The molecule has 1 unspecified atom stereocenters. The predicted octanol–water partition coefficient (Wildman–Crippen LogP) is 3.75. The van der Waals surface area contributed by atoms with E-state index in [-0.39, 0.29) is 11.9 Å². The van der Waals surface area contributed by atoms with Gasteiger partial charge in [0.25, 0.3) is 0 Å². The van der Waals surface area contributed by atoms with Crippen molar-refractivity contribution in [1.82, 2.24) is 14.9 Å². The van der Waals surface area contributed by atoms with E-state index in [0.717, 1.165) is 53.0 Å². The van der Waals surface area contributed by atoms with Crippen LogP contribution in [0.3, 0.4) is 0 Å². The number of benzene rings is 1. The fraction of sp³-hybridized carbons (Fsp3) is 0.350. The van der Waals surface area contributed by atoms with Crippen molar-refractivity contribution in [1.29, 1.82) is 0 Å². The lowest BCUT2D eigenvalue weighted by atomic mass is 10.1. The molecule has 1 saturated heterocycles. The van der Waals surface area contributed by atoms with Crippen LogP contribution in [0.4, 0.5) is 0 Å². The maximum atomic E-state index is 12.9. The van der Waals surface area contributed by atoms with Crippen LogP contribution in [-0.2, 0) is 11.2 Å². The highest BCUT2D eigenvalue weighted by Gasteiger charge is 2.31. The summed E-state index contributed by atoms with van der Waals surface area (Å²) in [5.74, 6) is 0.870. The van der Waals surface area contributed by atoms with Gasteiger partial charge < -0.3 is 9.32 Å². The summed E-state index contributed by atoms with van der Waals surface area (Å²) in [5, 5.41) is 1.02. The number of aryl methyl sites for hydroxylation is 2. The molecule has 0 spiro atoms. The topological polar surface area (TPSA) is 59.2 Å². The highest BCUT2D eigenvalue weighted by Crippen LogP contribution is 2.32. The Kier molecular flexibility index (Phi) is 3.99. The normalized spacial score (nSPS) is 17.4. The third kappa shape index (κ3) is 3.02. The molecule has 1 atom stereocenters. The molecule has 4 rings (SSSR count). The molecule has 0 radical (unpaired) electrons. The van der Waals surface area contributed by atoms with Gasteiger partial charge in [-0.2, -0.15) is 0 Å². The van der Waals surface area contributed by atoms with Gasteiger partial charge in [0, 0.05) is 23.7 Å². The maximum Gasteiger partial charge on any atom is 0.227 e. The van der Waals surface area contributed by atoms with E-state index in [1.165, 1.54) is 0 Å². The van der Waals surface area contributed by atoms with E-state index in [1.807, 2.05) is 43.0 Å². The molecule has 1 aliphatic rings. The summed E-state index contributed by atoms with van der Waals surface area (Å²) >= 11 is 0. The molecule has 3 aromatic rings. The first-order valence-corrected chi connectivity index (χ1v) is 8.67. The lowest BCUT2D eigenvalue weighted by molar-refractivity contribution is -0.131. The Labute approximate surface area is 146 Å². The average molecular weight is 335 g/mol. The number of hydrogen-bond donors (Lipinski definition) is 0. The van der Waals surface area contributed by atoms with Gasteiger partial charge in [0.1, 0.15) is 11.4 Å². The molecule has 0 N–H and O–H groups in total.